The van der Waals surface area contributed by atoms with Gasteiger partial charge in [-0.1, -0.05) is 18.2 Å². The van der Waals surface area contributed by atoms with Crippen LogP contribution in [0.4, 0.5) is 14.5 Å². The molecule has 0 aromatic heterocycles. The zero-order valence-corrected chi connectivity index (χ0v) is 17.6. The van der Waals surface area contributed by atoms with E-state index in [4.69, 9.17) is 0 Å². The first kappa shape index (κ1) is 21.4. The van der Waals surface area contributed by atoms with Gasteiger partial charge in [-0.15, -0.1) is 24.0 Å². The highest BCUT2D eigenvalue weighted by Crippen LogP contribution is 2.19. The van der Waals surface area contributed by atoms with Crippen LogP contribution in [0.2, 0.25) is 0 Å². The largest absolute Gasteiger partial charge is 0.371 e. The van der Waals surface area contributed by atoms with Gasteiger partial charge in [-0.25, -0.2) is 8.78 Å². The lowest BCUT2D eigenvalue weighted by Crippen LogP contribution is -2.48. The molecule has 0 radical (unpaired) electrons. The second kappa shape index (κ2) is 10.4. The molecule has 4 nitrogen and oxygen atoms in total. The highest BCUT2D eigenvalue weighted by molar-refractivity contribution is 14.0. The Morgan fingerprint density at radius 1 is 1.11 bits per heavy atom. The summed E-state index contributed by atoms with van der Waals surface area (Å²) in [7, 11) is 1.68. The van der Waals surface area contributed by atoms with Crippen LogP contribution in [-0.4, -0.2) is 32.1 Å². The molecule has 2 N–H and O–H groups in total. The number of benzene rings is 2. The molecule has 1 heterocycles. The molecule has 1 aliphatic rings. The number of nitrogens with one attached hydrogen (secondary N) is 2. The minimum atomic E-state index is -0.445. The van der Waals surface area contributed by atoms with E-state index >= 15 is 0 Å². The van der Waals surface area contributed by atoms with Gasteiger partial charge in [0.25, 0.3) is 0 Å². The molecule has 3 rings (SSSR count). The molecular weight excluding hydrogens is 461 g/mol. The van der Waals surface area contributed by atoms with Crippen molar-refractivity contribution in [2.75, 3.05) is 25.0 Å². The van der Waals surface area contributed by atoms with Crippen molar-refractivity contribution in [3.63, 3.8) is 0 Å². The SMILES string of the molecule is CN=C(NCc1cc(F)ccc1F)NC1CCN(c2ccccc2)CC1.I. The van der Waals surface area contributed by atoms with Gasteiger partial charge in [0.2, 0.25) is 0 Å². The molecule has 1 fully saturated rings. The number of hydrogen-bond donors (Lipinski definition) is 2. The van der Waals surface area contributed by atoms with Gasteiger partial charge < -0.3 is 15.5 Å². The molecule has 1 saturated heterocycles. The maximum atomic E-state index is 13.7. The number of piperidine rings is 1. The van der Waals surface area contributed by atoms with Crippen LogP contribution in [0.25, 0.3) is 0 Å². The van der Waals surface area contributed by atoms with Crippen LogP contribution in [0.3, 0.4) is 0 Å². The van der Waals surface area contributed by atoms with Gasteiger partial charge in [-0.3, -0.25) is 4.99 Å². The fraction of sp³-hybridized carbons (Fsp3) is 0.350. The second-order valence-corrected chi connectivity index (χ2v) is 6.40. The number of para-hydroxylation sites is 1. The Hall–Kier alpha value is -1.90. The molecule has 0 aliphatic carbocycles. The lowest BCUT2D eigenvalue weighted by Gasteiger charge is -2.34. The summed E-state index contributed by atoms with van der Waals surface area (Å²) < 4.78 is 27.0. The highest BCUT2D eigenvalue weighted by Gasteiger charge is 2.20. The molecule has 0 amide bonds. The number of hydrogen-bond acceptors (Lipinski definition) is 2. The first-order valence-electron chi connectivity index (χ1n) is 8.87. The molecule has 7 heteroatoms. The lowest BCUT2D eigenvalue weighted by molar-refractivity contribution is 0.461. The van der Waals surface area contributed by atoms with E-state index in [9.17, 15) is 8.78 Å². The van der Waals surface area contributed by atoms with Crippen LogP contribution in [-0.2, 0) is 6.54 Å². The fourth-order valence-corrected chi connectivity index (χ4v) is 3.17. The standard InChI is InChI=1S/C20H24F2N4.HI/c1-23-20(24-14-15-13-16(21)7-8-19(15)22)25-17-9-11-26(12-10-17)18-5-3-2-4-6-18;/h2-8,13,17H,9-12,14H2,1H3,(H2,23,24,25);1H. The Kier molecular flexibility index (Phi) is 8.27. The molecule has 146 valence electrons. The van der Waals surface area contributed by atoms with E-state index < -0.39 is 11.6 Å². The van der Waals surface area contributed by atoms with Crippen molar-refractivity contribution in [3.05, 3.63) is 65.7 Å². The summed E-state index contributed by atoms with van der Waals surface area (Å²) >= 11 is 0. The van der Waals surface area contributed by atoms with Gasteiger partial charge in [0.15, 0.2) is 5.96 Å². The van der Waals surface area contributed by atoms with Gasteiger partial charge in [0, 0.05) is 44.0 Å². The molecule has 1 aliphatic heterocycles. The van der Waals surface area contributed by atoms with Gasteiger partial charge in [0.1, 0.15) is 11.6 Å². The van der Waals surface area contributed by atoms with Crippen molar-refractivity contribution in [3.8, 4) is 0 Å². The Bertz CT molecular complexity index is 747. The van der Waals surface area contributed by atoms with E-state index in [0.717, 1.165) is 38.1 Å². The topological polar surface area (TPSA) is 39.7 Å². The van der Waals surface area contributed by atoms with E-state index in [1.165, 1.54) is 11.8 Å². The van der Waals surface area contributed by atoms with E-state index in [2.05, 4.69) is 44.8 Å². The van der Waals surface area contributed by atoms with Crippen LogP contribution in [0, 0.1) is 11.6 Å². The van der Waals surface area contributed by atoms with Gasteiger partial charge >= 0.3 is 0 Å². The number of halogens is 3. The Balaban J connectivity index is 0.00000261. The molecule has 0 spiro atoms. The van der Waals surface area contributed by atoms with Crippen molar-refractivity contribution < 1.29 is 8.78 Å². The van der Waals surface area contributed by atoms with Crippen molar-refractivity contribution in [2.45, 2.75) is 25.4 Å². The summed E-state index contributed by atoms with van der Waals surface area (Å²) in [6.07, 6.45) is 1.98. The maximum Gasteiger partial charge on any atom is 0.191 e. The Morgan fingerprint density at radius 3 is 2.48 bits per heavy atom. The van der Waals surface area contributed by atoms with Crippen molar-refractivity contribution in [1.82, 2.24) is 10.6 Å². The summed E-state index contributed by atoms with van der Waals surface area (Å²) in [4.78, 5) is 6.56. The number of aliphatic imine (C=N–C) groups is 1. The first-order valence-corrected chi connectivity index (χ1v) is 8.87. The monoisotopic (exact) mass is 486 g/mol. The quantitative estimate of drug-likeness (QED) is 0.391. The molecule has 0 atom stereocenters. The lowest BCUT2D eigenvalue weighted by atomic mass is 10.0. The van der Waals surface area contributed by atoms with Crippen LogP contribution < -0.4 is 15.5 Å². The molecule has 0 saturated carbocycles. The zero-order valence-electron chi connectivity index (χ0n) is 15.3. The fourth-order valence-electron chi connectivity index (χ4n) is 3.17. The first-order chi connectivity index (χ1) is 12.7. The summed E-state index contributed by atoms with van der Waals surface area (Å²) in [5.41, 5.74) is 1.53. The highest BCUT2D eigenvalue weighted by atomic mass is 127. The molecular formula is C20H25F2IN4. The minimum Gasteiger partial charge on any atom is -0.371 e. The zero-order chi connectivity index (χ0) is 18.4. The van der Waals surface area contributed by atoms with E-state index in [-0.39, 0.29) is 36.1 Å². The second-order valence-electron chi connectivity index (χ2n) is 6.40. The summed E-state index contributed by atoms with van der Waals surface area (Å²) in [6, 6.07) is 14.1. The Morgan fingerprint density at radius 2 is 1.81 bits per heavy atom. The van der Waals surface area contributed by atoms with Crippen molar-refractivity contribution in [2.24, 2.45) is 4.99 Å². The third-order valence-corrected chi connectivity index (χ3v) is 4.63. The van der Waals surface area contributed by atoms with Gasteiger partial charge in [0.05, 0.1) is 0 Å². The van der Waals surface area contributed by atoms with Crippen molar-refractivity contribution in [1.29, 1.82) is 0 Å². The molecule has 27 heavy (non-hydrogen) atoms. The molecule has 0 unspecified atom stereocenters. The average molecular weight is 486 g/mol. The van der Waals surface area contributed by atoms with Crippen LogP contribution in [0.15, 0.2) is 53.5 Å². The smallest absolute Gasteiger partial charge is 0.191 e. The maximum absolute atomic E-state index is 13.7. The van der Waals surface area contributed by atoms with Gasteiger partial charge in [-0.2, -0.15) is 0 Å². The van der Waals surface area contributed by atoms with Gasteiger partial charge in [-0.05, 0) is 43.2 Å². The van der Waals surface area contributed by atoms with Crippen LogP contribution >= 0.6 is 24.0 Å². The Labute approximate surface area is 176 Å². The minimum absolute atomic E-state index is 0. The van der Waals surface area contributed by atoms with Crippen molar-refractivity contribution >= 4 is 35.6 Å². The summed E-state index contributed by atoms with van der Waals surface area (Å²) in [6.45, 7) is 2.13. The molecule has 2 aromatic rings. The summed E-state index contributed by atoms with van der Waals surface area (Å²) in [5.74, 6) is -0.267. The average Bonchev–Trinajstić information content (AvgIpc) is 2.68. The molecule has 2 aromatic carbocycles. The number of anilines is 1. The number of rotatable bonds is 4. The van der Waals surface area contributed by atoms with E-state index in [1.54, 1.807) is 7.05 Å². The molecule has 0 bridgehead atoms. The number of nitrogens with zero attached hydrogens (tertiary/aromatic N) is 2. The normalized spacial score (nSPS) is 15.2. The number of guanidine groups is 1. The predicted molar refractivity (Wildman–Crippen MR) is 117 cm³/mol. The van der Waals surface area contributed by atoms with Crippen LogP contribution in [0.5, 0.6) is 0 Å². The third-order valence-electron chi connectivity index (χ3n) is 4.63. The van der Waals surface area contributed by atoms with Crippen LogP contribution in [0.1, 0.15) is 18.4 Å². The van der Waals surface area contributed by atoms with E-state index in [1.807, 2.05) is 6.07 Å². The predicted octanol–water partition coefficient (Wildman–Crippen LogP) is 3.92. The summed E-state index contributed by atoms with van der Waals surface area (Å²) in [5, 5.41) is 6.44. The third kappa shape index (κ3) is 6.05. The van der Waals surface area contributed by atoms with E-state index in [0.29, 0.717) is 12.0 Å².